The molecule has 1 aliphatic rings. The van der Waals surface area contributed by atoms with Crippen molar-refractivity contribution in [2.75, 3.05) is 19.6 Å². The molecule has 0 bridgehead atoms. The smallest absolute Gasteiger partial charge is 0.0492 e. The van der Waals surface area contributed by atoms with Gasteiger partial charge in [0.25, 0.3) is 0 Å². The molecule has 0 spiro atoms. The van der Waals surface area contributed by atoms with Gasteiger partial charge in [-0.2, -0.15) is 5.10 Å². The van der Waals surface area contributed by atoms with E-state index < -0.39 is 0 Å². The Labute approximate surface area is 110 Å². The van der Waals surface area contributed by atoms with Crippen molar-refractivity contribution in [3.8, 4) is 0 Å². The van der Waals surface area contributed by atoms with E-state index in [0.717, 1.165) is 26.2 Å². The van der Waals surface area contributed by atoms with Gasteiger partial charge in [0, 0.05) is 36.4 Å². The normalized spacial score (nSPS) is 19.3. The highest BCUT2D eigenvalue weighted by atomic mass is 15.3. The van der Waals surface area contributed by atoms with Crippen molar-refractivity contribution in [2.45, 2.75) is 51.6 Å². The summed E-state index contributed by atoms with van der Waals surface area (Å²) < 4.78 is 2.13. The van der Waals surface area contributed by atoms with Crippen LogP contribution in [0, 0.1) is 0 Å². The third-order valence-electron chi connectivity index (χ3n) is 3.69. The summed E-state index contributed by atoms with van der Waals surface area (Å²) in [5, 5.41) is 4.37. The molecule has 0 saturated carbocycles. The minimum absolute atomic E-state index is 0.0853. The largest absolute Gasteiger partial charge is 0.324 e. The molecule has 0 atom stereocenters. The lowest BCUT2D eigenvalue weighted by Crippen LogP contribution is -2.47. The lowest BCUT2D eigenvalue weighted by atomic mass is 9.92. The highest BCUT2D eigenvalue weighted by Crippen LogP contribution is 2.28. The van der Waals surface area contributed by atoms with Crippen LogP contribution in [0.4, 0.5) is 0 Å². The molecule has 2 heterocycles. The molecule has 18 heavy (non-hydrogen) atoms. The number of hydrogen-bond donors (Lipinski definition) is 1. The number of hydrogen-bond acceptors (Lipinski definition) is 3. The van der Waals surface area contributed by atoms with E-state index in [9.17, 15) is 0 Å². The van der Waals surface area contributed by atoms with Gasteiger partial charge in [0.1, 0.15) is 0 Å². The minimum atomic E-state index is -0.0853. The molecule has 4 nitrogen and oxygen atoms in total. The van der Waals surface area contributed by atoms with Crippen LogP contribution in [0.15, 0.2) is 12.3 Å². The average molecular weight is 250 g/mol. The zero-order valence-electron chi connectivity index (χ0n) is 11.9. The SMILES string of the molecule is CCn1nccc1C1CCN(CC(C)(C)N)CC1. The Hall–Kier alpha value is -0.870. The molecule has 1 aromatic heterocycles. The van der Waals surface area contributed by atoms with Crippen LogP contribution in [0.5, 0.6) is 0 Å². The predicted octanol–water partition coefficient (Wildman–Crippen LogP) is 1.82. The van der Waals surface area contributed by atoms with E-state index in [2.05, 4.69) is 41.5 Å². The van der Waals surface area contributed by atoms with E-state index in [4.69, 9.17) is 5.73 Å². The maximum Gasteiger partial charge on any atom is 0.0492 e. The number of nitrogens with two attached hydrogens (primary N) is 1. The Morgan fingerprint density at radius 3 is 2.61 bits per heavy atom. The summed E-state index contributed by atoms with van der Waals surface area (Å²) in [6, 6.07) is 2.18. The molecule has 102 valence electrons. The molecule has 0 unspecified atom stereocenters. The van der Waals surface area contributed by atoms with Crippen LogP contribution in [0.25, 0.3) is 0 Å². The van der Waals surface area contributed by atoms with Gasteiger partial charge in [-0.05, 0) is 52.8 Å². The molecule has 4 heteroatoms. The fourth-order valence-corrected chi connectivity index (χ4v) is 2.92. The standard InChI is InChI=1S/C14H26N4/c1-4-18-13(5-8-16-18)12-6-9-17(10-7-12)11-14(2,3)15/h5,8,12H,4,6-7,9-11,15H2,1-3H3. The number of aryl methyl sites for hydroxylation is 1. The highest BCUT2D eigenvalue weighted by Gasteiger charge is 2.25. The van der Waals surface area contributed by atoms with Gasteiger partial charge in [0.05, 0.1) is 0 Å². The minimum Gasteiger partial charge on any atom is -0.324 e. The first-order valence-corrected chi connectivity index (χ1v) is 7.02. The monoisotopic (exact) mass is 250 g/mol. The molecule has 0 aromatic carbocycles. The van der Waals surface area contributed by atoms with Crippen molar-refractivity contribution >= 4 is 0 Å². The van der Waals surface area contributed by atoms with E-state index in [1.54, 1.807) is 0 Å². The van der Waals surface area contributed by atoms with E-state index >= 15 is 0 Å². The summed E-state index contributed by atoms with van der Waals surface area (Å²) in [6.45, 7) is 10.6. The molecule has 1 aliphatic heterocycles. The topological polar surface area (TPSA) is 47.1 Å². The zero-order chi connectivity index (χ0) is 13.2. The van der Waals surface area contributed by atoms with Crippen molar-refractivity contribution in [1.29, 1.82) is 0 Å². The van der Waals surface area contributed by atoms with Crippen LogP contribution in [-0.2, 0) is 6.54 Å². The number of likely N-dealkylation sites (tertiary alicyclic amines) is 1. The second-order valence-electron chi connectivity index (χ2n) is 6.11. The number of aromatic nitrogens is 2. The predicted molar refractivity (Wildman–Crippen MR) is 74.6 cm³/mol. The number of rotatable bonds is 4. The van der Waals surface area contributed by atoms with Gasteiger partial charge in [0.2, 0.25) is 0 Å². The molecule has 2 N–H and O–H groups in total. The van der Waals surface area contributed by atoms with Gasteiger partial charge in [-0.25, -0.2) is 0 Å². The van der Waals surface area contributed by atoms with Crippen LogP contribution in [0.1, 0.15) is 45.2 Å². The number of piperidine rings is 1. The van der Waals surface area contributed by atoms with Crippen molar-refractivity contribution < 1.29 is 0 Å². The molecular weight excluding hydrogens is 224 g/mol. The maximum absolute atomic E-state index is 6.09. The van der Waals surface area contributed by atoms with Crippen molar-refractivity contribution in [2.24, 2.45) is 5.73 Å². The first-order valence-electron chi connectivity index (χ1n) is 7.02. The Morgan fingerprint density at radius 2 is 2.06 bits per heavy atom. The Bertz CT molecular complexity index is 369. The highest BCUT2D eigenvalue weighted by molar-refractivity contribution is 5.09. The van der Waals surface area contributed by atoms with Crippen molar-refractivity contribution in [3.63, 3.8) is 0 Å². The van der Waals surface area contributed by atoms with E-state index in [1.165, 1.54) is 18.5 Å². The summed E-state index contributed by atoms with van der Waals surface area (Å²) in [7, 11) is 0. The first-order chi connectivity index (χ1) is 8.49. The van der Waals surface area contributed by atoms with Gasteiger partial charge in [-0.3, -0.25) is 4.68 Å². The summed E-state index contributed by atoms with van der Waals surface area (Å²) in [6.07, 6.45) is 4.37. The van der Waals surface area contributed by atoms with Crippen LogP contribution in [0.2, 0.25) is 0 Å². The first kappa shape index (κ1) is 13.6. The molecule has 0 aliphatic carbocycles. The van der Waals surface area contributed by atoms with Crippen LogP contribution >= 0.6 is 0 Å². The molecule has 1 fully saturated rings. The third-order valence-corrected chi connectivity index (χ3v) is 3.69. The van der Waals surface area contributed by atoms with E-state index in [1.807, 2.05) is 6.20 Å². The summed E-state index contributed by atoms with van der Waals surface area (Å²) >= 11 is 0. The summed E-state index contributed by atoms with van der Waals surface area (Å²) in [5.74, 6) is 0.671. The molecule has 0 radical (unpaired) electrons. The zero-order valence-corrected chi connectivity index (χ0v) is 11.9. The fourth-order valence-electron chi connectivity index (χ4n) is 2.92. The van der Waals surface area contributed by atoms with Gasteiger partial charge >= 0.3 is 0 Å². The van der Waals surface area contributed by atoms with Crippen molar-refractivity contribution in [3.05, 3.63) is 18.0 Å². The lowest BCUT2D eigenvalue weighted by Gasteiger charge is -2.35. The third kappa shape index (κ3) is 3.33. The molecule has 2 rings (SSSR count). The molecular formula is C14H26N4. The van der Waals surface area contributed by atoms with Crippen molar-refractivity contribution in [1.82, 2.24) is 14.7 Å². The molecule has 1 aromatic rings. The second-order valence-corrected chi connectivity index (χ2v) is 6.11. The fraction of sp³-hybridized carbons (Fsp3) is 0.786. The average Bonchev–Trinajstić information content (AvgIpc) is 2.76. The van der Waals surface area contributed by atoms with E-state index in [-0.39, 0.29) is 5.54 Å². The van der Waals surface area contributed by atoms with Gasteiger partial charge in [-0.1, -0.05) is 0 Å². The van der Waals surface area contributed by atoms with Crippen LogP contribution in [-0.4, -0.2) is 39.9 Å². The quantitative estimate of drug-likeness (QED) is 0.886. The maximum atomic E-state index is 6.09. The Morgan fingerprint density at radius 1 is 1.39 bits per heavy atom. The summed E-state index contributed by atoms with van der Waals surface area (Å²) in [4.78, 5) is 2.49. The lowest BCUT2D eigenvalue weighted by molar-refractivity contribution is 0.177. The van der Waals surface area contributed by atoms with Crippen LogP contribution < -0.4 is 5.73 Å². The Balaban J connectivity index is 1.91. The second kappa shape index (κ2) is 5.41. The Kier molecular flexibility index (Phi) is 4.07. The van der Waals surface area contributed by atoms with Gasteiger partial charge in [-0.15, -0.1) is 0 Å². The molecule has 1 saturated heterocycles. The van der Waals surface area contributed by atoms with Crippen LogP contribution in [0.3, 0.4) is 0 Å². The van der Waals surface area contributed by atoms with Gasteiger partial charge < -0.3 is 10.6 Å². The van der Waals surface area contributed by atoms with E-state index in [0.29, 0.717) is 5.92 Å². The van der Waals surface area contributed by atoms with Gasteiger partial charge in [0.15, 0.2) is 0 Å². The number of nitrogens with zero attached hydrogens (tertiary/aromatic N) is 3. The molecule has 0 amide bonds. The summed E-state index contributed by atoms with van der Waals surface area (Å²) in [5.41, 5.74) is 7.41.